The maximum Gasteiger partial charge on any atom is 0.339 e. The van der Waals surface area contributed by atoms with Crippen molar-refractivity contribution < 1.29 is 22.7 Å². The van der Waals surface area contributed by atoms with Crippen molar-refractivity contribution in [3.8, 4) is 0 Å². The fraction of sp³-hybridized carbons (Fsp3) is 0.231. The summed E-state index contributed by atoms with van der Waals surface area (Å²) in [5.74, 6) is -0.810. The Kier molecular flexibility index (Phi) is 6.29. The Balaban J connectivity index is 1.63. The average Bonchev–Trinajstić information content (AvgIpc) is 2.81. The molecule has 3 aromatic rings. The molecule has 0 aromatic heterocycles. The van der Waals surface area contributed by atoms with Crippen LogP contribution in [0.15, 0.2) is 65.6 Å². The molecule has 0 fully saturated rings. The SMILES string of the molecule is Cc1cc(S(=O)(=O)N(C)C)cc(NC(=O)c2ccc3c(c2)C[C@@H](c2ccccc2)OC3=O)c1C. The number of hydrogen-bond donors (Lipinski definition) is 1. The van der Waals surface area contributed by atoms with Crippen molar-refractivity contribution in [1.29, 1.82) is 0 Å². The Labute approximate surface area is 199 Å². The lowest BCUT2D eigenvalue weighted by molar-refractivity contribution is 0.0252. The summed E-state index contributed by atoms with van der Waals surface area (Å²) in [4.78, 5) is 25.7. The molecule has 0 unspecified atom stereocenters. The predicted octanol–water partition coefficient (Wildman–Crippen LogP) is 4.26. The fourth-order valence-electron chi connectivity index (χ4n) is 3.90. The molecule has 3 aromatic carbocycles. The maximum absolute atomic E-state index is 13.1. The van der Waals surface area contributed by atoms with Gasteiger partial charge >= 0.3 is 5.97 Å². The van der Waals surface area contributed by atoms with Gasteiger partial charge in [-0.25, -0.2) is 17.5 Å². The highest BCUT2D eigenvalue weighted by molar-refractivity contribution is 7.89. The number of ether oxygens (including phenoxy) is 1. The number of sulfonamides is 1. The third-order valence-electron chi connectivity index (χ3n) is 6.08. The molecule has 0 bridgehead atoms. The first-order chi connectivity index (χ1) is 16.1. The van der Waals surface area contributed by atoms with Gasteiger partial charge in [0.25, 0.3) is 5.91 Å². The van der Waals surface area contributed by atoms with E-state index in [1.807, 2.05) is 37.3 Å². The fourth-order valence-corrected chi connectivity index (χ4v) is 4.92. The Morgan fingerprint density at radius 1 is 1.03 bits per heavy atom. The van der Waals surface area contributed by atoms with Crippen LogP contribution in [0, 0.1) is 13.8 Å². The summed E-state index contributed by atoms with van der Waals surface area (Å²) in [6.07, 6.45) is 0.0401. The maximum atomic E-state index is 13.1. The summed E-state index contributed by atoms with van der Waals surface area (Å²) in [5.41, 5.74) is 4.38. The number of rotatable bonds is 5. The van der Waals surface area contributed by atoms with Gasteiger partial charge in [-0.05, 0) is 66.4 Å². The number of aryl methyl sites for hydroxylation is 1. The quantitative estimate of drug-likeness (QED) is 0.553. The van der Waals surface area contributed by atoms with Crippen molar-refractivity contribution in [2.45, 2.75) is 31.3 Å². The highest BCUT2D eigenvalue weighted by atomic mass is 32.2. The van der Waals surface area contributed by atoms with E-state index >= 15 is 0 Å². The molecule has 0 spiro atoms. The number of hydrogen-bond acceptors (Lipinski definition) is 5. The number of nitrogens with zero attached hydrogens (tertiary/aromatic N) is 1. The van der Waals surface area contributed by atoms with Crippen LogP contribution in [0.3, 0.4) is 0 Å². The Morgan fingerprint density at radius 2 is 1.74 bits per heavy atom. The van der Waals surface area contributed by atoms with Crippen LogP contribution in [0.25, 0.3) is 0 Å². The molecule has 1 aliphatic heterocycles. The molecule has 0 saturated carbocycles. The van der Waals surface area contributed by atoms with Crippen molar-refractivity contribution >= 4 is 27.6 Å². The van der Waals surface area contributed by atoms with Gasteiger partial charge in [0.1, 0.15) is 6.10 Å². The Hall–Kier alpha value is -3.49. The van der Waals surface area contributed by atoms with Crippen LogP contribution < -0.4 is 5.32 Å². The zero-order chi connectivity index (χ0) is 24.6. The van der Waals surface area contributed by atoms with Gasteiger partial charge in [-0.15, -0.1) is 0 Å². The molecule has 1 heterocycles. The van der Waals surface area contributed by atoms with Gasteiger partial charge in [-0.1, -0.05) is 30.3 Å². The first-order valence-electron chi connectivity index (χ1n) is 10.8. The molecule has 1 N–H and O–H groups in total. The number of esters is 1. The smallest absolute Gasteiger partial charge is 0.339 e. The molecule has 34 heavy (non-hydrogen) atoms. The van der Waals surface area contributed by atoms with Gasteiger partial charge in [0.05, 0.1) is 10.5 Å². The number of nitrogens with one attached hydrogen (secondary N) is 1. The normalized spacial score (nSPS) is 15.6. The van der Waals surface area contributed by atoms with Gasteiger partial charge in [0.15, 0.2) is 0 Å². The minimum Gasteiger partial charge on any atom is -0.454 e. The van der Waals surface area contributed by atoms with Gasteiger partial charge in [0.2, 0.25) is 10.0 Å². The number of amides is 1. The molecule has 0 aliphatic carbocycles. The molecule has 1 atom stereocenters. The Morgan fingerprint density at radius 3 is 2.41 bits per heavy atom. The topological polar surface area (TPSA) is 92.8 Å². The summed E-state index contributed by atoms with van der Waals surface area (Å²) in [7, 11) is -0.735. The number of carbonyl (C=O) groups excluding carboxylic acids is 2. The second-order valence-electron chi connectivity index (χ2n) is 8.53. The largest absolute Gasteiger partial charge is 0.454 e. The van der Waals surface area contributed by atoms with Crippen LogP contribution in [0.1, 0.15) is 49.1 Å². The van der Waals surface area contributed by atoms with E-state index in [2.05, 4.69) is 5.32 Å². The lowest BCUT2D eigenvalue weighted by Gasteiger charge is -2.25. The highest BCUT2D eigenvalue weighted by Crippen LogP contribution is 2.31. The summed E-state index contributed by atoms with van der Waals surface area (Å²) in [5, 5.41) is 2.84. The number of fused-ring (bicyclic) bond motifs is 1. The minimum atomic E-state index is -3.66. The van der Waals surface area contributed by atoms with Crippen molar-refractivity contribution in [2.24, 2.45) is 0 Å². The number of benzene rings is 3. The van der Waals surface area contributed by atoms with E-state index in [-0.39, 0.29) is 10.8 Å². The molecule has 7 nitrogen and oxygen atoms in total. The van der Waals surface area contributed by atoms with Crippen LogP contribution in [0.4, 0.5) is 5.69 Å². The van der Waals surface area contributed by atoms with Gasteiger partial charge < -0.3 is 10.1 Å². The number of anilines is 1. The molecule has 1 aliphatic rings. The molecular formula is C26H26N2O5S. The molecule has 0 radical (unpaired) electrons. The van der Waals surface area contributed by atoms with Crippen molar-refractivity contribution in [1.82, 2.24) is 4.31 Å². The lowest BCUT2D eigenvalue weighted by atomic mass is 9.93. The van der Waals surface area contributed by atoms with E-state index < -0.39 is 22.1 Å². The average molecular weight is 479 g/mol. The van der Waals surface area contributed by atoms with E-state index in [0.717, 1.165) is 26.6 Å². The third kappa shape index (κ3) is 4.47. The van der Waals surface area contributed by atoms with Gasteiger partial charge in [-0.2, -0.15) is 0 Å². The van der Waals surface area contributed by atoms with Gasteiger partial charge in [-0.3, -0.25) is 4.79 Å². The zero-order valence-corrected chi connectivity index (χ0v) is 20.3. The number of carbonyl (C=O) groups is 2. The molecule has 8 heteroatoms. The molecule has 0 saturated heterocycles. The van der Waals surface area contributed by atoms with Crippen molar-refractivity contribution in [2.75, 3.05) is 19.4 Å². The monoisotopic (exact) mass is 478 g/mol. The van der Waals surface area contributed by atoms with E-state index in [1.165, 1.54) is 20.2 Å². The first kappa shape index (κ1) is 23.7. The highest BCUT2D eigenvalue weighted by Gasteiger charge is 2.28. The van der Waals surface area contributed by atoms with E-state index in [0.29, 0.717) is 23.2 Å². The van der Waals surface area contributed by atoms with Crippen LogP contribution >= 0.6 is 0 Å². The second kappa shape index (κ2) is 9.04. The summed E-state index contributed by atoms with van der Waals surface area (Å²) < 4.78 is 31.9. The van der Waals surface area contributed by atoms with Crippen molar-refractivity contribution in [3.63, 3.8) is 0 Å². The zero-order valence-electron chi connectivity index (χ0n) is 19.5. The van der Waals surface area contributed by atoms with E-state index in [1.54, 1.807) is 31.2 Å². The summed E-state index contributed by atoms with van der Waals surface area (Å²) in [6, 6.07) is 17.4. The molecular weight excluding hydrogens is 452 g/mol. The third-order valence-corrected chi connectivity index (χ3v) is 7.87. The second-order valence-corrected chi connectivity index (χ2v) is 10.7. The lowest BCUT2D eigenvalue weighted by Crippen LogP contribution is -2.23. The number of cyclic esters (lactones) is 1. The minimum absolute atomic E-state index is 0.106. The Bertz CT molecular complexity index is 1380. The van der Waals surface area contributed by atoms with Crippen molar-refractivity contribution in [3.05, 3.63) is 94.0 Å². The van der Waals surface area contributed by atoms with Gasteiger partial charge in [0, 0.05) is 31.8 Å². The predicted molar refractivity (Wildman–Crippen MR) is 129 cm³/mol. The molecule has 4 rings (SSSR count). The standard InChI is InChI=1S/C26H26N2O5S/c1-16-12-21(34(31,32)28(3)4)15-23(17(16)2)27-25(29)19-10-11-22-20(13-19)14-24(33-26(22)30)18-8-6-5-7-9-18/h5-13,15,24H,14H2,1-4H3,(H,27,29)/t24-/m0/s1. The van der Waals surface area contributed by atoms with E-state index in [4.69, 9.17) is 4.74 Å². The van der Waals surface area contributed by atoms with Crippen LogP contribution in [0.5, 0.6) is 0 Å². The van der Waals surface area contributed by atoms with Crippen LogP contribution in [0.2, 0.25) is 0 Å². The van der Waals surface area contributed by atoms with Crippen LogP contribution in [-0.4, -0.2) is 38.7 Å². The van der Waals surface area contributed by atoms with Crippen LogP contribution in [-0.2, 0) is 21.2 Å². The summed E-state index contributed by atoms with van der Waals surface area (Å²) in [6.45, 7) is 3.62. The first-order valence-corrected chi connectivity index (χ1v) is 12.3. The van der Waals surface area contributed by atoms with E-state index in [9.17, 15) is 18.0 Å². The molecule has 1 amide bonds. The summed E-state index contributed by atoms with van der Waals surface area (Å²) >= 11 is 0. The molecule has 176 valence electrons.